The third-order valence-corrected chi connectivity index (χ3v) is 5.82. The monoisotopic (exact) mass is 477 g/mol. The number of hydrogen-bond acceptors (Lipinski definition) is 7. The highest BCUT2D eigenvalue weighted by Crippen LogP contribution is 2.48. The summed E-state index contributed by atoms with van der Waals surface area (Å²) in [5, 5.41) is 6.86. The lowest BCUT2D eigenvalue weighted by Gasteiger charge is -2.22. The van der Waals surface area contributed by atoms with Crippen LogP contribution in [-0.2, 0) is 35.2 Å². The molecule has 3 aromatic heterocycles. The highest BCUT2D eigenvalue weighted by atomic mass is 19.4. The second kappa shape index (κ2) is 8.84. The Kier molecular flexibility index (Phi) is 5.86. The largest absolute Gasteiger partial charge is 0.455 e. The molecule has 1 aliphatic heterocycles. The lowest BCUT2D eigenvalue weighted by Crippen LogP contribution is -2.32. The first-order valence-corrected chi connectivity index (χ1v) is 10.8. The molecule has 180 valence electrons. The highest BCUT2D eigenvalue weighted by Gasteiger charge is 2.46. The van der Waals surface area contributed by atoms with E-state index in [9.17, 15) is 18.0 Å². The zero-order chi connectivity index (χ0) is 23.9. The van der Waals surface area contributed by atoms with Gasteiger partial charge in [0.25, 0.3) is 5.91 Å². The highest BCUT2D eigenvalue weighted by molar-refractivity contribution is 5.96. The molecule has 1 aliphatic carbocycles. The third-order valence-electron chi connectivity index (χ3n) is 5.82. The van der Waals surface area contributed by atoms with Crippen LogP contribution in [0.4, 0.5) is 13.2 Å². The Bertz CT molecular complexity index is 1190. The first-order valence-electron chi connectivity index (χ1n) is 10.8. The van der Waals surface area contributed by atoms with E-state index in [1.807, 2.05) is 6.92 Å². The van der Waals surface area contributed by atoms with Gasteiger partial charge in [-0.15, -0.1) is 0 Å². The first-order chi connectivity index (χ1) is 16.3. The molecule has 0 spiro atoms. The van der Waals surface area contributed by atoms with E-state index >= 15 is 0 Å². The van der Waals surface area contributed by atoms with Crippen LogP contribution in [0.15, 0.2) is 29.1 Å². The molecule has 9 nitrogen and oxygen atoms in total. The topological polar surface area (TPSA) is 104 Å². The number of alkyl halides is 3. The molecule has 3 aromatic rings. The van der Waals surface area contributed by atoms with Crippen molar-refractivity contribution in [2.75, 3.05) is 19.8 Å². The summed E-state index contributed by atoms with van der Waals surface area (Å²) in [7, 11) is 0. The minimum Gasteiger partial charge on any atom is -0.455 e. The third kappa shape index (κ3) is 4.30. The molecule has 2 aliphatic rings. The fourth-order valence-corrected chi connectivity index (χ4v) is 4.29. The van der Waals surface area contributed by atoms with Crippen LogP contribution in [0.3, 0.4) is 0 Å². The molecule has 12 heteroatoms. The van der Waals surface area contributed by atoms with E-state index in [-0.39, 0.29) is 47.8 Å². The summed E-state index contributed by atoms with van der Waals surface area (Å²) in [5.41, 5.74) is -0.460. The van der Waals surface area contributed by atoms with Gasteiger partial charge in [0.1, 0.15) is 23.3 Å². The molecule has 5 rings (SSSR count). The van der Waals surface area contributed by atoms with Crippen molar-refractivity contribution in [3.63, 3.8) is 0 Å². The van der Waals surface area contributed by atoms with Crippen molar-refractivity contribution in [2.24, 2.45) is 0 Å². The lowest BCUT2D eigenvalue weighted by molar-refractivity contribution is -0.137. The summed E-state index contributed by atoms with van der Waals surface area (Å²) in [6.07, 6.45) is -0.154. The number of hydrogen-bond donors (Lipinski definition) is 1. The average Bonchev–Trinajstić information content (AvgIpc) is 3.41. The fraction of sp³-hybridized carbons (Fsp3) is 0.455. The SMILES string of the molecule is C[C@@H]1Cc2oc(C(=O)NCc3ncccn3)c(C(F)(F)F)c2-c2nn(C[C@H]3COCCO3)cc21. The molecule has 1 N–H and O–H groups in total. The van der Waals surface area contributed by atoms with Crippen molar-refractivity contribution in [3.8, 4) is 11.3 Å². The lowest BCUT2D eigenvalue weighted by atomic mass is 9.86. The van der Waals surface area contributed by atoms with Gasteiger partial charge in [0.05, 0.1) is 44.2 Å². The van der Waals surface area contributed by atoms with E-state index in [0.29, 0.717) is 31.9 Å². The van der Waals surface area contributed by atoms with E-state index in [1.165, 1.54) is 12.4 Å². The van der Waals surface area contributed by atoms with Crippen LogP contribution in [0.5, 0.6) is 0 Å². The van der Waals surface area contributed by atoms with E-state index < -0.39 is 23.4 Å². The molecule has 0 saturated carbocycles. The maximum atomic E-state index is 14.2. The number of aromatic nitrogens is 4. The number of nitrogens with zero attached hydrogens (tertiary/aromatic N) is 4. The van der Waals surface area contributed by atoms with Gasteiger partial charge in [-0.05, 0) is 12.0 Å². The van der Waals surface area contributed by atoms with Gasteiger partial charge >= 0.3 is 6.18 Å². The molecule has 0 radical (unpaired) electrons. The fourth-order valence-electron chi connectivity index (χ4n) is 4.29. The zero-order valence-electron chi connectivity index (χ0n) is 18.3. The van der Waals surface area contributed by atoms with Gasteiger partial charge in [-0.1, -0.05) is 6.92 Å². The van der Waals surface area contributed by atoms with Crippen molar-refractivity contribution in [3.05, 3.63) is 53.1 Å². The molecule has 2 atom stereocenters. The number of halogens is 3. The summed E-state index contributed by atoms with van der Waals surface area (Å²) in [6, 6.07) is 1.60. The van der Waals surface area contributed by atoms with Crippen molar-refractivity contribution >= 4 is 5.91 Å². The van der Waals surface area contributed by atoms with E-state index in [0.717, 1.165) is 0 Å². The summed E-state index contributed by atoms with van der Waals surface area (Å²) >= 11 is 0. The van der Waals surface area contributed by atoms with Crippen molar-refractivity contribution in [1.82, 2.24) is 25.1 Å². The molecule has 4 heterocycles. The normalized spacial score (nSPS) is 20.0. The van der Waals surface area contributed by atoms with Crippen molar-refractivity contribution < 1.29 is 31.9 Å². The predicted molar refractivity (Wildman–Crippen MR) is 111 cm³/mol. The predicted octanol–water partition coefficient (Wildman–Crippen LogP) is 2.96. The van der Waals surface area contributed by atoms with E-state index in [1.54, 1.807) is 16.9 Å². The van der Waals surface area contributed by atoms with Gasteiger partial charge in [0, 0.05) is 30.6 Å². The number of ether oxygens (including phenoxy) is 2. The average molecular weight is 477 g/mol. The maximum absolute atomic E-state index is 14.2. The van der Waals surface area contributed by atoms with Gasteiger partial charge in [-0.2, -0.15) is 18.3 Å². The Balaban J connectivity index is 1.49. The van der Waals surface area contributed by atoms with Crippen molar-refractivity contribution in [1.29, 1.82) is 0 Å². The second-order valence-electron chi connectivity index (χ2n) is 8.28. The zero-order valence-corrected chi connectivity index (χ0v) is 18.3. The van der Waals surface area contributed by atoms with Gasteiger partial charge in [0.2, 0.25) is 5.76 Å². The molecule has 0 bridgehead atoms. The number of furan rings is 1. The molecule has 0 unspecified atom stereocenters. The van der Waals surface area contributed by atoms with Crippen LogP contribution in [0.25, 0.3) is 11.3 Å². The van der Waals surface area contributed by atoms with Crippen LogP contribution in [0.1, 0.15) is 46.1 Å². The molecule has 0 aromatic carbocycles. The molecular weight excluding hydrogens is 455 g/mol. The smallest absolute Gasteiger partial charge is 0.420 e. The Hall–Kier alpha value is -3.25. The number of carbonyl (C=O) groups is 1. The van der Waals surface area contributed by atoms with E-state index in [4.69, 9.17) is 13.9 Å². The summed E-state index contributed by atoms with van der Waals surface area (Å²) in [4.78, 5) is 20.7. The summed E-state index contributed by atoms with van der Waals surface area (Å²) in [6.45, 7) is 3.45. The molecule has 34 heavy (non-hydrogen) atoms. The van der Waals surface area contributed by atoms with Crippen LogP contribution in [-0.4, -0.2) is 51.6 Å². The quantitative estimate of drug-likeness (QED) is 0.603. The van der Waals surface area contributed by atoms with E-state index in [2.05, 4.69) is 20.4 Å². The van der Waals surface area contributed by atoms with Crippen LogP contribution in [0.2, 0.25) is 0 Å². The Morgan fingerprint density at radius 1 is 1.26 bits per heavy atom. The molecule has 1 fully saturated rings. The number of carbonyl (C=O) groups excluding carboxylic acids is 1. The van der Waals surface area contributed by atoms with Gasteiger partial charge < -0.3 is 19.2 Å². The number of amides is 1. The molecular formula is C22H22F3N5O4. The molecule has 1 amide bonds. The Labute approximate surface area is 192 Å². The second-order valence-corrected chi connectivity index (χ2v) is 8.28. The summed E-state index contributed by atoms with van der Waals surface area (Å²) in [5.74, 6) is -1.55. The van der Waals surface area contributed by atoms with Gasteiger partial charge in [-0.25, -0.2) is 9.97 Å². The Morgan fingerprint density at radius 2 is 2.06 bits per heavy atom. The van der Waals surface area contributed by atoms with Gasteiger partial charge in [-0.3, -0.25) is 9.48 Å². The minimum absolute atomic E-state index is 0.0935. The summed E-state index contributed by atoms with van der Waals surface area (Å²) < 4.78 is 60.8. The van der Waals surface area contributed by atoms with Crippen molar-refractivity contribution in [2.45, 2.75) is 44.6 Å². The maximum Gasteiger partial charge on any atom is 0.420 e. The minimum atomic E-state index is -4.82. The van der Waals surface area contributed by atoms with Crippen LogP contribution >= 0.6 is 0 Å². The first kappa shape index (κ1) is 22.5. The number of rotatable bonds is 5. The van der Waals surface area contributed by atoms with Crippen LogP contribution < -0.4 is 5.32 Å². The standard InChI is InChI=1S/C22H22F3N5O4/c1-12-7-15-17(19-14(12)10-30(29-19)9-13-11-32-5-6-33-13)18(22(23,24)25)20(34-15)21(31)28-8-16-26-3-2-4-27-16/h2-4,10,12-13H,5-9,11H2,1H3,(H,28,31)/t12-,13+/m1/s1. The van der Waals surface area contributed by atoms with Crippen LogP contribution in [0, 0.1) is 0 Å². The number of fused-ring (bicyclic) bond motifs is 3. The Morgan fingerprint density at radius 3 is 2.76 bits per heavy atom. The number of nitrogens with one attached hydrogen (secondary N) is 1. The van der Waals surface area contributed by atoms with Gasteiger partial charge in [0.15, 0.2) is 0 Å². The molecule has 1 saturated heterocycles.